The van der Waals surface area contributed by atoms with Gasteiger partial charge < -0.3 is 9.80 Å². The molecule has 0 N–H and O–H groups in total. The highest BCUT2D eigenvalue weighted by Gasteiger charge is 2.39. The van der Waals surface area contributed by atoms with Crippen molar-refractivity contribution in [3.8, 4) is 0 Å². The summed E-state index contributed by atoms with van der Waals surface area (Å²) in [5.74, 6) is 2.72. The maximum Gasteiger partial charge on any atom is 0.225 e. The molecule has 0 radical (unpaired) electrons. The van der Waals surface area contributed by atoms with Gasteiger partial charge in [0.15, 0.2) is 0 Å². The smallest absolute Gasteiger partial charge is 0.225 e. The van der Waals surface area contributed by atoms with E-state index in [4.69, 9.17) is 0 Å². The van der Waals surface area contributed by atoms with Crippen LogP contribution in [0.15, 0.2) is 42.9 Å². The maximum atomic E-state index is 4.53. The number of anilines is 2. The third kappa shape index (κ3) is 2.33. The van der Waals surface area contributed by atoms with Crippen LogP contribution in [0, 0.1) is 5.92 Å². The van der Waals surface area contributed by atoms with Gasteiger partial charge in [-0.15, -0.1) is 0 Å². The Morgan fingerprint density at radius 2 is 1.71 bits per heavy atom. The zero-order valence-corrected chi connectivity index (χ0v) is 12.0. The van der Waals surface area contributed by atoms with E-state index in [-0.39, 0.29) is 0 Å². The van der Waals surface area contributed by atoms with Crippen LogP contribution in [0.2, 0.25) is 0 Å². The molecule has 2 fully saturated rings. The van der Waals surface area contributed by atoms with Crippen molar-refractivity contribution in [3.63, 3.8) is 0 Å². The van der Waals surface area contributed by atoms with E-state index in [0.717, 1.165) is 37.3 Å². The minimum atomic E-state index is 0.525. The van der Waals surface area contributed by atoms with E-state index < -0.39 is 0 Å². The Hall–Kier alpha value is -2.17. The lowest BCUT2D eigenvalue weighted by molar-refractivity contribution is 0.387. The predicted molar refractivity (Wildman–Crippen MR) is 82.3 cm³/mol. The molecule has 108 valence electrons. The molecule has 5 nitrogen and oxygen atoms in total. The summed E-state index contributed by atoms with van der Waals surface area (Å²) in [5, 5.41) is 0. The number of hydrogen-bond donors (Lipinski definition) is 0. The third-order valence-electron chi connectivity index (χ3n) is 4.64. The molecule has 2 unspecified atom stereocenters. The highest BCUT2D eigenvalue weighted by molar-refractivity contribution is 5.43. The Balaban J connectivity index is 1.56. The molecule has 0 aliphatic carbocycles. The first-order chi connectivity index (χ1) is 10.4. The second-order valence-corrected chi connectivity index (χ2v) is 5.78. The average Bonchev–Trinajstić information content (AvgIpc) is 2.99. The molecule has 2 atom stereocenters. The third-order valence-corrected chi connectivity index (χ3v) is 4.64. The van der Waals surface area contributed by atoms with Crippen molar-refractivity contribution in [1.29, 1.82) is 0 Å². The van der Waals surface area contributed by atoms with Gasteiger partial charge in [0, 0.05) is 38.2 Å². The van der Waals surface area contributed by atoms with Crippen LogP contribution in [-0.2, 0) is 0 Å². The average molecular weight is 281 g/mol. The van der Waals surface area contributed by atoms with Crippen molar-refractivity contribution in [2.75, 3.05) is 29.4 Å². The quantitative estimate of drug-likeness (QED) is 0.842. The van der Waals surface area contributed by atoms with Crippen LogP contribution in [0.25, 0.3) is 0 Å². The summed E-state index contributed by atoms with van der Waals surface area (Å²) in [7, 11) is 0. The van der Waals surface area contributed by atoms with E-state index in [1.807, 2.05) is 30.7 Å². The van der Waals surface area contributed by atoms with Crippen molar-refractivity contribution in [2.24, 2.45) is 5.92 Å². The lowest BCUT2D eigenvalue weighted by Gasteiger charge is -2.38. The van der Waals surface area contributed by atoms with Gasteiger partial charge in [0.2, 0.25) is 5.95 Å². The molecule has 0 aromatic carbocycles. The van der Waals surface area contributed by atoms with Crippen LogP contribution >= 0.6 is 0 Å². The van der Waals surface area contributed by atoms with Crippen molar-refractivity contribution >= 4 is 11.8 Å². The number of fused-ring (bicyclic) bond motifs is 1. The number of nitrogens with zero attached hydrogens (tertiary/aromatic N) is 5. The Morgan fingerprint density at radius 3 is 2.52 bits per heavy atom. The number of piperidine rings is 1. The zero-order chi connectivity index (χ0) is 14.1. The van der Waals surface area contributed by atoms with Crippen molar-refractivity contribution in [2.45, 2.75) is 18.9 Å². The van der Waals surface area contributed by atoms with E-state index in [2.05, 4.69) is 36.9 Å². The fourth-order valence-corrected chi connectivity index (χ4v) is 3.58. The topological polar surface area (TPSA) is 45.2 Å². The largest absolute Gasteiger partial charge is 0.352 e. The van der Waals surface area contributed by atoms with E-state index in [9.17, 15) is 0 Å². The molecule has 2 aromatic rings. The molecule has 0 spiro atoms. The highest BCUT2D eigenvalue weighted by Crippen LogP contribution is 2.34. The van der Waals surface area contributed by atoms with Gasteiger partial charge in [-0.1, -0.05) is 6.07 Å². The first-order valence-electron chi connectivity index (χ1n) is 7.61. The summed E-state index contributed by atoms with van der Waals surface area (Å²) in [4.78, 5) is 18.1. The Bertz CT molecular complexity index is 588. The first-order valence-corrected chi connectivity index (χ1v) is 7.61. The summed E-state index contributed by atoms with van der Waals surface area (Å²) in [5.41, 5.74) is 0. The van der Waals surface area contributed by atoms with Gasteiger partial charge >= 0.3 is 0 Å². The van der Waals surface area contributed by atoms with Gasteiger partial charge in [-0.25, -0.2) is 15.0 Å². The van der Waals surface area contributed by atoms with Crippen LogP contribution in [0.1, 0.15) is 12.8 Å². The van der Waals surface area contributed by atoms with E-state index in [1.165, 1.54) is 12.8 Å². The minimum absolute atomic E-state index is 0.525. The van der Waals surface area contributed by atoms with Crippen molar-refractivity contribution in [3.05, 3.63) is 42.9 Å². The summed E-state index contributed by atoms with van der Waals surface area (Å²) >= 11 is 0. The van der Waals surface area contributed by atoms with Gasteiger partial charge in [-0.3, -0.25) is 0 Å². The molecule has 4 heterocycles. The zero-order valence-electron chi connectivity index (χ0n) is 12.0. The fourth-order valence-electron chi connectivity index (χ4n) is 3.58. The molecule has 2 aliphatic rings. The number of pyridine rings is 1. The van der Waals surface area contributed by atoms with Crippen molar-refractivity contribution < 1.29 is 0 Å². The monoisotopic (exact) mass is 281 g/mol. The van der Waals surface area contributed by atoms with E-state index in [1.54, 1.807) is 0 Å². The van der Waals surface area contributed by atoms with E-state index in [0.29, 0.717) is 6.04 Å². The van der Waals surface area contributed by atoms with Crippen molar-refractivity contribution in [1.82, 2.24) is 15.0 Å². The van der Waals surface area contributed by atoms with E-state index >= 15 is 0 Å². The minimum Gasteiger partial charge on any atom is -0.352 e. The van der Waals surface area contributed by atoms with Crippen LogP contribution < -0.4 is 9.80 Å². The molecule has 2 aliphatic heterocycles. The molecule has 0 amide bonds. The first kappa shape index (κ1) is 12.6. The SMILES string of the molecule is c1ccc(N2CCC3CCN(c4ncccn4)CC32)nc1. The summed E-state index contributed by atoms with van der Waals surface area (Å²) < 4.78 is 0. The highest BCUT2D eigenvalue weighted by atomic mass is 15.3. The second kappa shape index (κ2) is 5.31. The summed E-state index contributed by atoms with van der Waals surface area (Å²) in [6.45, 7) is 3.16. The fraction of sp³-hybridized carbons (Fsp3) is 0.438. The maximum absolute atomic E-state index is 4.53. The standard InChI is InChI=1S/C16H19N5/c1-2-7-17-15(4-1)21-11-6-13-5-10-20(12-14(13)21)16-18-8-3-9-19-16/h1-4,7-9,13-14H,5-6,10-12H2. The van der Waals surface area contributed by atoms with Gasteiger partial charge in [-0.05, 0) is 37.0 Å². The van der Waals surface area contributed by atoms with Crippen LogP contribution in [0.3, 0.4) is 0 Å². The van der Waals surface area contributed by atoms with Crippen LogP contribution in [0.4, 0.5) is 11.8 Å². The number of hydrogen-bond acceptors (Lipinski definition) is 5. The Kier molecular flexibility index (Phi) is 3.18. The molecule has 5 heteroatoms. The number of aromatic nitrogens is 3. The van der Waals surface area contributed by atoms with Gasteiger partial charge in [0.1, 0.15) is 5.82 Å². The molecule has 4 rings (SSSR count). The second-order valence-electron chi connectivity index (χ2n) is 5.78. The predicted octanol–water partition coefficient (Wildman–Crippen LogP) is 1.98. The van der Waals surface area contributed by atoms with Gasteiger partial charge in [-0.2, -0.15) is 0 Å². The number of rotatable bonds is 2. The molecular formula is C16H19N5. The van der Waals surface area contributed by atoms with Crippen LogP contribution in [0.5, 0.6) is 0 Å². The lowest BCUT2D eigenvalue weighted by Crippen LogP contribution is -2.49. The Labute approximate surface area is 124 Å². The van der Waals surface area contributed by atoms with Gasteiger partial charge in [0.25, 0.3) is 0 Å². The molecular weight excluding hydrogens is 262 g/mol. The molecule has 0 bridgehead atoms. The normalized spacial score (nSPS) is 25.0. The van der Waals surface area contributed by atoms with Crippen LogP contribution in [-0.4, -0.2) is 40.6 Å². The molecule has 2 aromatic heterocycles. The summed E-state index contributed by atoms with van der Waals surface area (Å²) in [6.07, 6.45) is 8.00. The summed E-state index contributed by atoms with van der Waals surface area (Å²) in [6, 6.07) is 8.54. The Morgan fingerprint density at radius 1 is 0.905 bits per heavy atom. The molecule has 2 saturated heterocycles. The molecule has 21 heavy (non-hydrogen) atoms. The molecule has 0 saturated carbocycles. The van der Waals surface area contributed by atoms with Gasteiger partial charge in [0.05, 0.1) is 6.04 Å². The lowest BCUT2D eigenvalue weighted by atomic mass is 9.92.